The highest BCUT2D eigenvalue weighted by Gasteiger charge is 2.10. The fraction of sp³-hybridized carbons (Fsp3) is 0.143. The first-order valence-corrected chi connectivity index (χ1v) is 9.85. The van der Waals surface area contributed by atoms with Crippen molar-refractivity contribution in [1.82, 2.24) is 15.3 Å². The van der Waals surface area contributed by atoms with E-state index in [1.54, 1.807) is 30.3 Å². The van der Waals surface area contributed by atoms with E-state index in [-0.39, 0.29) is 12.5 Å². The lowest BCUT2D eigenvalue weighted by molar-refractivity contribution is 0.256. The molecule has 0 aliphatic heterocycles. The molecule has 0 unspecified atom stereocenters. The molecule has 0 aliphatic rings. The van der Waals surface area contributed by atoms with E-state index >= 15 is 0 Å². The Hall–Kier alpha value is -3.16. The van der Waals surface area contributed by atoms with Crippen molar-refractivity contribution < 1.29 is 4.79 Å². The fourth-order valence-electron chi connectivity index (χ4n) is 2.59. The quantitative estimate of drug-likeness (QED) is 0.382. The monoisotopic (exact) mass is 442 g/mol. The average molecular weight is 443 g/mol. The smallest absolute Gasteiger partial charge is 0.308 e. The second kappa shape index (κ2) is 10.0. The number of aromatic nitrogens is 2. The minimum Gasteiger partial charge on any atom is -0.308 e. The predicted molar refractivity (Wildman–Crippen MR) is 121 cm³/mol. The Morgan fingerprint density at radius 3 is 2.30 bits per heavy atom. The van der Waals surface area contributed by atoms with E-state index in [4.69, 9.17) is 23.2 Å². The van der Waals surface area contributed by atoms with E-state index in [0.717, 1.165) is 17.0 Å². The third kappa shape index (κ3) is 6.43. The summed E-state index contributed by atoms with van der Waals surface area (Å²) in [5.41, 5.74) is 2.99. The lowest BCUT2D eigenvalue weighted by Crippen LogP contribution is -2.39. The van der Waals surface area contributed by atoms with Crippen LogP contribution in [0.3, 0.4) is 0 Å². The van der Waals surface area contributed by atoms with Crippen molar-refractivity contribution in [3.05, 3.63) is 81.6 Å². The predicted octanol–water partition coefficient (Wildman–Crippen LogP) is 5.19. The van der Waals surface area contributed by atoms with E-state index in [1.165, 1.54) is 0 Å². The molecule has 0 saturated carbocycles. The van der Waals surface area contributed by atoms with Gasteiger partial charge in [0.15, 0.2) is 0 Å². The normalized spacial score (nSPS) is 11.1. The summed E-state index contributed by atoms with van der Waals surface area (Å²) in [6, 6.07) is 15.5. The molecule has 3 aromatic rings. The van der Waals surface area contributed by atoms with Gasteiger partial charge in [-0.25, -0.2) is 19.8 Å². The van der Waals surface area contributed by atoms with Crippen LogP contribution in [0.2, 0.25) is 10.0 Å². The van der Waals surface area contributed by atoms with Crippen LogP contribution in [0.15, 0.2) is 59.6 Å². The van der Waals surface area contributed by atoms with Gasteiger partial charge in [0.2, 0.25) is 11.9 Å². The van der Waals surface area contributed by atoms with E-state index in [9.17, 15) is 4.79 Å². The molecule has 7 nitrogen and oxygen atoms in total. The molecule has 0 fully saturated rings. The lowest BCUT2D eigenvalue weighted by Gasteiger charge is -2.13. The van der Waals surface area contributed by atoms with E-state index in [1.807, 2.05) is 38.1 Å². The van der Waals surface area contributed by atoms with Crippen molar-refractivity contribution in [2.45, 2.75) is 20.4 Å². The summed E-state index contributed by atoms with van der Waals surface area (Å²) in [6.45, 7) is 3.98. The van der Waals surface area contributed by atoms with Gasteiger partial charge in [-0.15, -0.1) is 0 Å². The summed E-state index contributed by atoms with van der Waals surface area (Å²) in [6.07, 6.45) is 0. The van der Waals surface area contributed by atoms with Gasteiger partial charge in [0, 0.05) is 27.1 Å². The number of carbonyl (C=O) groups is 1. The summed E-state index contributed by atoms with van der Waals surface area (Å²) in [7, 11) is 0. The largest absolute Gasteiger partial charge is 0.326 e. The number of hydrogen-bond acceptors (Lipinski definition) is 4. The van der Waals surface area contributed by atoms with Crippen LogP contribution < -0.4 is 16.0 Å². The maximum atomic E-state index is 12.5. The molecule has 9 heteroatoms. The third-order valence-corrected chi connectivity index (χ3v) is 4.53. The van der Waals surface area contributed by atoms with Crippen molar-refractivity contribution in [3.8, 4) is 0 Å². The SMILES string of the molecule is Cc1cc(C)nc(NC(=NCc2ccccc2Cl)NC(=O)Nc2ccc(Cl)cc2)n1. The van der Waals surface area contributed by atoms with Crippen molar-refractivity contribution in [1.29, 1.82) is 0 Å². The second-order valence-corrected chi connectivity index (χ2v) is 7.29. The number of carbonyl (C=O) groups excluding carboxylic acids is 1. The number of aryl methyl sites for hydroxylation is 2. The Morgan fingerprint density at radius 2 is 1.63 bits per heavy atom. The number of nitrogens with one attached hydrogen (secondary N) is 3. The molecule has 1 aromatic heterocycles. The molecular formula is C21H20Cl2N6O. The summed E-state index contributed by atoms with van der Waals surface area (Å²) in [4.78, 5) is 25.6. The van der Waals surface area contributed by atoms with Gasteiger partial charge >= 0.3 is 6.03 Å². The van der Waals surface area contributed by atoms with E-state index in [0.29, 0.717) is 21.7 Å². The van der Waals surface area contributed by atoms with Gasteiger partial charge in [0.05, 0.1) is 6.54 Å². The summed E-state index contributed by atoms with van der Waals surface area (Å²) >= 11 is 12.1. The Bertz CT molecular complexity index is 1050. The Kier molecular flexibility index (Phi) is 7.21. The summed E-state index contributed by atoms with van der Waals surface area (Å²) in [5.74, 6) is 0.517. The molecule has 2 amide bonds. The zero-order chi connectivity index (χ0) is 21.5. The minimum atomic E-state index is -0.480. The topological polar surface area (TPSA) is 91.3 Å². The van der Waals surface area contributed by atoms with Gasteiger partial charge in [0.1, 0.15) is 0 Å². The molecule has 3 N–H and O–H groups in total. The van der Waals surface area contributed by atoms with Gasteiger partial charge in [-0.05, 0) is 55.8 Å². The van der Waals surface area contributed by atoms with Crippen molar-refractivity contribution in [2.75, 3.05) is 10.6 Å². The van der Waals surface area contributed by atoms with Gasteiger partial charge in [-0.3, -0.25) is 10.6 Å². The van der Waals surface area contributed by atoms with Gasteiger partial charge in [0.25, 0.3) is 0 Å². The van der Waals surface area contributed by atoms with Crippen LogP contribution in [0.5, 0.6) is 0 Å². The number of guanidine groups is 1. The van der Waals surface area contributed by atoms with Crippen LogP contribution >= 0.6 is 23.2 Å². The number of anilines is 2. The van der Waals surface area contributed by atoms with Crippen LogP contribution in [0.25, 0.3) is 0 Å². The number of hydrogen-bond donors (Lipinski definition) is 3. The number of urea groups is 1. The number of nitrogens with zero attached hydrogens (tertiary/aromatic N) is 3. The van der Waals surface area contributed by atoms with Gasteiger partial charge in [-0.1, -0.05) is 41.4 Å². The first-order chi connectivity index (χ1) is 14.4. The molecule has 0 radical (unpaired) electrons. The molecular weight excluding hydrogens is 423 g/mol. The van der Waals surface area contributed by atoms with E-state index in [2.05, 4.69) is 30.9 Å². The maximum Gasteiger partial charge on any atom is 0.326 e. The van der Waals surface area contributed by atoms with Crippen LogP contribution in [-0.4, -0.2) is 22.0 Å². The first-order valence-electron chi connectivity index (χ1n) is 9.10. The van der Waals surface area contributed by atoms with Crippen LogP contribution in [0, 0.1) is 13.8 Å². The standard InChI is InChI=1S/C21H20Cl2N6O/c1-13-11-14(2)26-20(25-13)28-19(24-12-15-5-3-4-6-18(15)23)29-21(30)27-17-9-7-16(22)8-10-17/h3-11H,12H2,1-2H3,(H3,24,25,26,27,28,29,30). The molecule has 3 rings (SSSR count). The highest BCUT2D eigenvalue weighted by atomic mass is 35.5. The zero-order valence-electron chi connectivity index (χ0n) is 16.4. The average Bonchev–Trinajstić information content (AvgIpc) is 2.68. The molecule has 0 bridgehead atoms. The maximum absolute atomic E-state index is 12.5. The highest BCUT2D eigenvalue weighted by molar-refractivity contribution is 6.31. The van der Waals surface area contributed by atoms with Gasteiger partial charge in [-0.2, -0.15) is 0 Å². The fourth-order valence-corrected chi connectivity index (χ4v) is 2.91. The van der Waals surface area contributed by atoms with Crippen LogP contribution in [0.4, 0.5) is 16.4 Å². The lowest BCUT2D eigenvalue weighted by atomic mass is 10.2. The number of benzene rings is 2. The third-order valence-electron chi connectivity index (χ3n) is 3.91. The van der Waals surface area contributed by atoms with Gasteiger partial charge < -0.3 is 5.32 Å². The molecule has 154 valence electrons. The molecule has 0 saturated heterocycles. The Labute approximate surface area is 184 Å². The van der Waals surface area contributed by atoms with Crippen molar-refractivity contribution >= 4 is 46.8 Å². The van der Waals surface area contributed by atoms with Crippen LogP contribution in [-0.2, 0) is 6.54 Å². The number of aliphatic imine (C=N–C) groups is 1. The molecule has 0 spiro atoms. The van der Waals surface area contributed by atoms with Crippen LogP contribution in [0.1, 0.15) is 17.0 Å². The highest BCUT2D eigenvalue weighted by Crippen LogP contribution is 2.16. The molecule has 0 atom stereocenters. The Balaban J connectivity index is 1.78. The zero-order valence-corrected chi connectivity index (χ0v) is 17.9. The number of amides is 2. The number of rotatable bonds is 4. The summed E-state index contributed by atoms with van der Waals surface area (Å²) in [5, 5.41) is 9.55. The summed E-state index contributed by atoms with van der Waals surface area (Å²) < 4.78 is 0. The molecule has 2 aromatic carbocycles. The van der Waals surface area contributed by atoms with Crippen molar-refractivity contribution in [2.24, 2.45) is 4.99 Å². The minimum absolute atomic E-state index is 0.186. The Morgan fingerprint density at radius 1 is 0.967 bits per heavy atom. The molecule has 30 heavy (non-hydrogen) atoms. The van der Waals surface area contributed by atoms with Crippen molar-refractivity contribution in [3.63, 3.8) is 0 Å². The number of halogens is 2. The second-order valence-electron chi connectivity index (χ2n) is 6.44. The molecule has 0 aliphatic carbocycles. The van der Waals surface area contributed by atoms with E-state index < -0.39 is 6.03 Å². The first kappa shape index (κ1) is 21.5. The molecule has 1 heterocycles.